The number of ether oxygens (including phenoxy) is 4. The first kappa shape index (κ1) is 28.1. The first-order chi connectivity index (χ1) is 17.7. The molecule has 3 aromatic rings. The number of carbonyl (C=O) groups is 1. The Hall–Kier alpha value is -3.49. The van der Waals surface area contributed by atoms with Crippen LogP contribution in [-0.4, -0.2) is 53.4 Å². The van der Waals surface area contributed by atoms with Crippen molar-refractivity contribution in [3.05, 3.63) is 72.8 Å². The van der Waals surface area contributed by atoms with Crippen LogP contribution in [0.1, 0.15) is 27.2 Å². The third-order valence-electron chi connectivity index (χ3n) is 6.26. The van der Waals surface area contributed by atoms with E-state index >= 15 is 0 Å². The van der Waals surface area contributed by atoms with E-state index in [1.807, 2.05) is 36.4 Å². The molecule has 0 saturated carbocycles. The first-order valence-corrected chi connectivity index (χ1v) is 14.0. The lowest BCUT2D eigenvalue weighted by molar-refractivity contribution is -0.139. The Balaban J connectivity index is 2.06. The van der Waals surface area contributed by atoms with Gasteiger partial charge in [-0.3, -0.25) is 4.79 Å². The van der Waals surface area contributed by atoms with Crippen molar-refractivity contribution in [1.82, 2.24) is 0 Å². The van der Waals surface area contributed by atoms with E-state index in [2.05, 4.69) is 45.0 Å². The standard InChI is InChI=1S/C29H36O7Si/c1-29(2,3)37(22-13-9-7-10-14-22,23-15-11-8-12-16-23)36-21(19-26(30)31)20-35-25-18-17-24(32-4)27(33-5)28(25)34-6/h7-18,21H,19-20H2,1-6H3,(H,30,31). The lowest BCUT2D eigenvalue weighted by Crippen LogP contribution is -2.68. The molecule has 0 fully saturated rings. The van der Waals surface area contributed by atoms with Crippen molar-refractivity contribution < 1.29 is 33.3 Å². The largest absolute Gasteiger partial charge is 0.493 e. The molecule has 8 heteroatoms. The molecule has 37 heavy (non-hydrogen) atoms. The molecule has 0 aliphatic rings. The van der Waals surface area contributed by atoms with Gasteiger partial charge in [-0.25, -0.2) is 0 Å². The fourth-order valence-corrected chi connectivity index (χ4v) is 9.31. The molecule has 0 bridgehead atoms. The average Bonchev–Trinajstić information content (AvgIpc) is 2.89. The average molecular weight is 525 g/mol. The molecular formula is C29H36O7Si. The second-order valence-corrected chi connectivity index (χ2v) is 13.9. The molecule has 0 aliphatic heterocycles. The summed E-state index contributed by atoms with van der Waals surface area (Å²) in [7, 11) is 1.58. The van der Waals surface area contributed by atoms with Gasteiger partial charge in [-0.15, -0.1) is 0 Å². The van der Waals surface area contributed by atoms with E-state index in [9.17, 15) is 9.90 Å². The van der Waals surface area contributed by atoms with Gasteiger partial charge in [-0.2, -0.15) is 0 Å². The number of methoxy groups -OCH3 is 3. The molecule has 1 atom stereocenters. The molecule has 198 valence electrons. The van der Waals surface area contributed by atoms with Gasteiger partial charge in [0.1, 0.15) is 6.61 Å². The molecule has 3 aromatic carbocycles. The highest BCUT2D eigenvalue weighted by molar-refractivity contribution is 6.99. The predicted molar refractivity (Wildman–Crippen MR) is 146 cm³/mol. The Morgan fingerprint density at radius 3 is 1.70 bits per heavy atom. The summed E-state index contributed by atoms with van der Waals surface area (Å²) in [4.78, 5) is 12.0. The van der Waals surface area contributed by atoms with Gasteiger partial charge >= 0.3 is 5.97 Å². The van der Waals surface area contributed by atoms with Crippen LogP contribution in [0.25, 0.3) is 0 Å². The molecule has 0 aliphatic carbocycles. The second kappa shape index (κ2) is 12.2. The van der Waals surface area contributed by atoms with Crippen molar-refractivity contribution in [2.45, 2.75) is 38.3 Å². The topological polar surface area (TPSA) is 83.5 Å². The third-order valence-corrected chi connectivity index (χ3v) is 11.3. The maximum atomic E-state index is 12.0. The van der Waals surface area contributed by atoms with Crippen LogP contribution in [0, 0.1) is 0 Å². The van der Waals surface area contributed by atoms with E-state index < -0.39 is 20.4 Å². The van der Waals surface area contributed by atoms with Crippen molar-refractivity contribution in [3.8, 4) is 23.0 Å². The summed E-state index contributed by atoms with van der Waals surface area (Å²) in [5, 5.41) is 11.6. The molecule has 0 amide bonds. The van der Waals surface area contributed by atoms with E-state index in [0.717, 1.165) is 10.4 Å². The Bertz CT molecular complexity index is 1120. The van der Waals surface area contributed by atoms with E-state index in [1.54, 1.807) is 19.2 Å². The van der Waals surface area contributed by atoms with Crippen LogP contribution in [0.3, 0.4) is 0 Å². The summed E-state index contributed by atoms with van der Waals surface area (Å²) in [6, 6.07) is 23.6. The number of hydrogen-bond donors (Lipinski definition) is 1. The predicted octanol–water partition coefficient (Wildman–Crippen LogP) is 4.51. The number of hydrogen-bond acceptors (Lipinski definition) is 6. The molecule has 0 heterocycles. The number of benzene rings is 3. The summed E-state index contributed by atoms with van der Waals surface area (Å²) < 4.78 is 29.5. The minimum absolute atomic E-state index is 0.00262. The lowest BCUT2D eigenvalue weighted by atomic mass is 10.2. The van der Waals surface area contributed by atoms with E-state index in [4.69, 9.17) is 23.4 Å². The summed E-state index contributed by atoms with van der Waals surface area (Å²) in [5.74, 6) is 0.691. The third kappa shape index (κ3) is 6.09. The van der Waals surface area contributed by atoms with Crippen molar-refractivity contribution in [2.24, 2.45) is 0 Å². The molecule has 3 rings (SSSR count). The van der Waals surface area contributed by atoms with Crippen LogP contribution >= 0.6 is 0 Å². The van der Waals surface area contributed by atoms with Crippen molar-refractivity contribution in [2.75, 3.05) is 27.9 Å². The van der Waals surface area contributed by atoms with Crippen molar-refractivity contribution in [1.29, 1.82) is 0 Å². The maximum Gasteiger partial charge on any atom is 0.306 e. The van der Waals surface area contributed by atoms with Crippen LogP contribution in [0.15, 0.2) is 72.8 Å². The minimum atomic E-state index is -2.99. The first-order valence-electron chi connectivity index (χ1n) is 12.1. The Labute approximate surface area is 220 Å². The lowest BCUT2D eigenvalue weighted by Gasteiger charge is -2.45. The van der Waals surface area contributed by atoms with Crippen LogP contribution in [-0.2, 0) is 9.22 Å². The van der Waals surface area contributed by atoms with Crippen LogP contribution < -0.4 is 29.3 Å². The van der Waals surface area contributed by atoms with E-state index in [0.29, 0.717) is 23.0 Å². The second-order valence-electron chi connectivity index (χ2n) is 9.64. The van der Waals surface area contributed by atoms with Gasteiger partial charge in [0, 0.05) is 0 Å². The number of aliphatic carboxylic acids is 1. The smallest absolute Gasteiger partial charge is 0.306 e. The zero-order valence-electron chi connectivity index (χ0n) is 22.3. The van der Waals surface area contributed by atoms with Gasteiger partial charge < -0.3 is 28.5 Å². The fraction of sp³-hybridized carbons (Fsp3) is 0.345. The number of carboxylic acids is 1. The van der Waals surface area contributed by atoms with E-state index in [-0.39, 0.29) is 18.1 Å². The van der Waals surface area contributed by atoms with Crippen molar-refractivity contribution >= 4 is 24.7 Å². The minimum Gasteiger partial charge on any atom is -0.493 e. The summed E-state index contributed by atoms with van der Waals surface area (Å²) in [6.07, 6.45) is -0.957. The zero-order valence-corrected chi connectivity index (χ0v) is 23.3. The van der Waals surface area contributed by atoms with Gasteiger partial charge in [0.15, 0.2) is 11.5 Å². The summed E-state index contributed by atoms with van der Waals surface area (Å²) in [5.41, 5.74) is 0. The zero-order chi connectivity index (χ0) is 27.1. The number of rotatable bonds is 12. The molecule has 0 radical (unpaired) electrons. The van der Waals surface area contributed by atoms with Gasteiger partial charge in [0.2, 0.25) is 11.5 Å². The highest BCUT2D eigenvalue weighted by Crippen LogP contribution is 2.44. The fourth-order valence-electron chi connectivity index (χ4n) is 4.64. The summed E-state index contributed by atoms with van der Waals surface area (Å²) >= 11 is 0. The van der Waals surface area contributed by atoms with Gasteiger partial charge in [0.25, 0.3) is 8.32 Å². The van der Waals surface area contributed by atoms with Crippen LogP contribution in [0.2, 0.25) is 5.04 Å². The van der Waals surface area contributed by atoms with Gasteiger partial charge in [-0.1, -0.05) is 81.4 Å². The molecule has 7 nitrogen and oxygen atoms in total. The van der Waals surface area contributed by atoms with Crippen LogP contribution in [0.4, 0.5) is 0 Å². The van der Waals surface area contributed by atoms with E-state index in [1.165, 1.54) is 14.2 Å². The SMILES string of the molecule is COc1ccc(OCC(CC(=O)O)O[Si](c2ccccc2)(c2ccccc2)C(C)(C)C)c(OC)c1OC. The quantitative estimate of drug-likeness (QED) is 0.349. The Morgan fingerprint density at radius 1 is 0.784 bits per heavy atom. The highest BCUT2D eigenvalue weighted by Gasteiger charge is 2.51. The molecular weight excluding hydrogens is 488 g/mol. The molecule has 0 aromatic heterocycles. The van der Waals surface area contributed by atoms with Crippen LogP contribution in [0.5, 0.6) is 23.0 Å². The highest BCUT2D eigenvalue weighted by atomic mass is 28.4. The number of carboxylic acid groups (broad SMARTS) is 1. The maximum absolute atomic E-state index is 12.0. The van der Waals surface area contributed by atoms with Crippen molar-refractivity contribution in [3.63, 3.8) is 0 Å². The molecule has 0 saturated heterocycles. The Morgan fingerprint density at radius 2 is 1.27 bits per heavy atom. The normalized spacial score (nSPS) is 12.5. The monoisotopic (exact) mass is 524 g/mol. The van der Waals surface area contributed by atoms with Gasteiger partial charge in [-0.05, 0) is 27.5 Å². The van der Waals surface area contributed by atoms with Gasteiger partial charge in [0.05, 0.1) is 33.9 Å². The Kier molecular flexibility index (Phi) is 9.23. The molecule has 1 unspecified atom stereocenters. The summed E-state index contributed by atoms with van der Waals surface area (Å²) in [6.45, 7) is 6.45. The molecule has 0 spiro atoms. The molecule has 1 N–H and O–H groups in total.